The lowest BCUT2D eigenvalue weighted by Crippen LogP contribution is -2.31. The van der Waals surface area contributed by atoms with Crippen LogP contribution in [0.3, 0.4) is 0 Å². The number of aromatic nitrogens is 2. The van der Waals surface area contributed by atoms with Gasteiger partial charge in [0, 0.05) is 4.47 Å². The monoisotopic (exact) mass is 332 g/mol. The summed E-state index contributed by atoms with van der Waals surface area (Å²) in [4.78, 5) is 24.7. The first kappa shape index (κ1) is 13.5. The Balaban J connectivity index is 2.92. The molecule has 0 aliphatic carbocycles. The van der Waals surface area contributed by atoms with Gasteiger partial charge in [0.05, 0.1) is 5.56 Å². The van der Waals surface area contributed by atoms with E-state index in [2.05, 4.69) is 15.9 Å². The molecule has 0 aliphatic rings. The van der Waals surface area contributed by atoms with Crippen LogP contribution in [0, 0.1) is 18.6 Å². The van der Waals surface area contributed by atoms with E-state index in [-0.39, 0.29) is 10.0 Å². The zero-order valence-electron chi connectivity index (χ0n) is 9.50. The minimum absolute atomic E-state index is 0.139. The van der Waals surface area contributed by atoms with E-state index < -0.39 is 34.5 Å². The first-order valence-electron chi connectivity index (χ1n) is 5.02. The summed E-state index contributed by atoms with van der Waals surface area (Å²) in [6, 6.07) is 1.87. The Morgan fingerprint density at radius 2 is 1.79 bits per heavy atom. The fourth-order valence-corrected chi connectivity index (χ4v) is 1.97. The van der Waals surface area contributed by atoms with Crippen molar-refractivity contribution >= 4 is 15.9 Å². The Hall–Kier alpha value is -1.96. The van der Waals surface area contributed by atoms with Crippen molar-refractivity contribution in [3.8, 4) is 11.6 Å². The van der Waals surface area contributed by atoms with Gasteiger partial charge in [0.15, 0.2) is 11.6 Å². The van der Waals surface area contributed by atoms with Crippen LogP contribution in [0.5, 0.6) is 5.88 Å². The Bertz CT molecular complexity index is 759. The molecule has 0 atom stereocenters. The molecule has 0 saturated heterocycles. The number of aromatic amines is 1. The van der Waals surface area contributed by atoms with Crippen molar-refractivity contribution in [2.24, 2.45) is 0 Å². The van der Waals surface area contributed by atoms with Crippen molar-refractivity contribution < 1.29 is 13.9 Å². The molecule has 0 unspecified atom stereocenters. The van der Waals surface area contributed by atoms with Crippen LogP contribution in [0.25, 0.3) is 5.69 Å². The van der Waals surface area contributed by atoms with Crippen LogP contribution in [0.2, 0.25) is 0 Å². The highest BCUT2D eigenvalue weighted by atomic mass is 79.9. The first-order chi connectivity index (χ1) is 8.82. The summed E-state index contributed by atoms with van der Waals surface area (Å²) in [6.07, 6.45) is 0. The Labute approximate surface area is 113 Å². The van der Waals surface area contributed by atoms with Gasteiger partial charge in [0.25, 0.3) is 5.56 Å². The molecule has 8 heteroatoms. The van der Waals surface area contributed by atoms with Gasteiger partial charge in [0.1, 0.15) is 5.69 Å². The van der Waals surface area contributed by atoms with Gasteiger partial charge in [-0.1, -0.05) is 15.9 Å². The van der Waals surface area contributed by atoms with Gasteiger partial charge >= 0.3 is 5.69 Å². The maximum Gasteiger partial charge on any atom is 0.335 e. The van der Waals surface area contributed by atoms with E-state index in [0.29, 0.717) is 4.57 Å². The Morgan fingerprint density at radius 1 is 1.26 bits per heavy atom. The van der Waals surface area contributed by atoms with E-state index in [4.69, 9.17) is 0 Å². The molecule has 0 radical (unpaired) electrons. The summed E-state index contributed by atoms with van der Waals surface area (Å²) < 4.78 is 28.0. The van der Waals surface area contributed by atoms with E-state index in [1.54, 1.807) is 0 Å². The molecule has 0 spiro atoms. The highest BCUT2D eigenvalue weighted by Crippen LogP contribution is 2.24. The lowest BCUT2D eigenvalue weighted by molar-refractivity contribution is 0.418. The number of aromatic hydroxyl groups is 1. The van der Waals surface area contributed by atoms with Crippen molar-refractivity contribution in [2.45, 2.75) is 6.92 Å². The van der Waals surface area contributed by atoms with Crippen molar-refractivity contribution in [2.75, 3.05) is 0 Å². The number of nitrogens with zero attached hydrogens (tertiary/aromatic N) is 1. The van der Waals surface area contributed by atoms with Crippen molar-refractivity contribution in [1.82, 2.24) is 9.55 Å². The molecule has 100 valence electrons. The normalized spacial score (nSPS) is 10.7. The number of benzene rings is 1. The molecule has 1 aromatic heterocycles. The van der Waals surface area contributed by atoms with Gasteiger partial charge in [-0.25, -0.2) is 18.1 Å². The van der Waals surface area contributed by atoms with Crippen molar-refractivity contribution in [3.05, 3.63) is 54.6 Å². The number of hydrogen-bond donors (Lipinski definition) is 2. The fraction of sp³-hybridized carbons (Fsp3) is 0.0909. The molecule has 19 heavy (non-hydrogen) atoms. The predicted octanol–water partition coefficient (Wildman–Crippen LogP) is 1.58. The lowest BCUT2D eigenvalue weighted by atomic mass is 10.2. The summed E-state index contributed by atoms with van der Waals surface area (Å²) in [5.41, 5.74) is -2.93. The standard InChI is InChI=1S/C11H7BrF2N2O3/c1-4-9(17)15-11(19)16(10(4)18)8-6(13)2-5(12)3-7(8)14/h2-3,18H,1H3,(H,15,17,19). The van der Waals surface area contributed by atoms with E-state index in [1.807, 2.05) is 4.98 Å². The SMILES string of the molecule is Cc1c(O)n(-c2c(F)cc(Br)cc2F)c(=O)[nH]c1=O. The van der Waals surface area contributed by atoms with Crippen molar-refractivity contribution in [1.29, 1.82) is 0 Å². The third-order valence-corrected chi connectivity index (χ3v) is 2.97. The van der Waals surface area contributed by atoms with Crippen LogP contribution in [0.4, 0.5) is 8.78 Å². The van der Waals surface area contributed by atoms with E-state index in [0.717, 1.165) is 12.1 Å². The van der Waals surface area contributed by atoms with Gasteiger partial charge < -0.3 is 5.11 Å². The van der Waals surface area contributed by atoms with Gasteiger partial charge in [-0.05, 0) is 19.1 Å². The van der Waals surface area contributed by atoms with Gasteiger partial charge in [-0.15, -0.1) is 0 Å². The molecule has 5 nitrogen and oxygen atoms in total. The summed E-state index contributed by atoms with van der Waals surface area (Å²) in [5.74, 6) is -2.93. The molecule has 0 aliphatic heterocycles. The van der Waals surface area contributed by atoms with E-state index >= 15 is 0 Å². The molecule has 0 fully saturated rings. The minimum Gasteiger partial charge on any atom is -0.494 e. The molecule has 2 rings (SSSR count). The second-order valence-corrected chi connectivity index (χ2v) is 4.68. The third-order valence-electron chi connectivity index (χ3n) is 2.52. The third kappa shape index (κ3) is 2.19. The summed E-state index contributed by atoms with van der Waals surface area (Å²) >= 11 is 2.90. The fourth-order valence-electron chi connectivity index (χ4n) is 1.57. The molecule has 2 aromatic rings. The molecule has 0 bridgehead atoms. The smallest absolute Gasteiger partial charge is 0.335 e. The molecule has 1 aromatic carbocycles. The molecule has 1 heterocycles. The summed E-state index contributed by atoms with van der Waals surface area (Å²) in [5, 5.41) is 9.73. The van der Waals surface area contributed by atoms with E-state index in [1.165, 1.54) is 6.92 Å². The predicted molar refractivity (Wildman–Crippen MR) is 66.7 cm³/mol. The highest BCUT2D eigenvalue weighted by molar-refractivity contribution is 9.10. The average molecular weight is 333 g/mol. The average Bonchev–Trinajstić information content (AvgIpc) is 2.29. The summed E-state index contributed by atoms with van der Waals surface area (Å²) in [7, 11) is 0. The number of nitrogens with one attached hydrogen (secondary N) is 1. The lowest BCUT2D eigenvalue weighted by Gasteiger charge is -2.11. The second kappa shape index (κ2) is 4.61. The van der Waals surface area contributed by atoms with Crippen LogP contribution in [-0.4, -0.2) is 14.7 Å². The Morgan fingerprint density at radius 3 is 2.32 bits per heavy atom. The number of H-pyrrole nitrogens is 1. The van der Waals surface area contributed by atoms with Crippen molar-refractivity contribution in [3.63, 3.8) is 0 Å². The van der Waals surface area contributed by atoms with Crippen LogP contribution in [-0.2, 0) is 0 Å². The molecule has 0 amide bonds. The second-order valence-electron chi connectivity index (χ2n) is 3.76. The maximum atomic E-state index is 13.8. The Kier molecular flexibility index (Phi) is 3.27. The zero-order chi connectivity index (χ0) is 14.3. The molecule has 2 N–H and O–H groups in total. The van der Waals surface area contributed by atoms with Gasteiger partial charge in [0.2, 0.25) is 5.88 Å². The minimum atomic E-state index is -1.13. The molecule has 0 saturated carbocycles. The summed E-state index contributed by atoms with van der Waals surface area (Å²) in [6.45, 7) is 1.22. The zero-order valence-corrected chi connectivity index (χ0v) is 11.1. The maximum absolute atomic E-state index is 13.8. The number of rotatable bonds is 1. The molecular weight excluding hydrogens is 326 g/mol. The largest absolute Gasteiger partial charge is 0.494 e. The molecular formula is C11H7BrF2N2O3. The number of hydrogen-bond acceptors (Lipinski definition) is 3. The van der Waals surface area contributed by atoms with Crippen LogP contribution >= 0.6 is 15.9 Å². The van der Waals surface area contributed by atoms with Crippen LogP contribution in [0.1, 0.15) is 5.56 Å². The number of halogens is 3. The topological polar surface area (TPSA) is 75.1 Å². The van der Waals surface area contributed by atoms with Crippen LogP contribution < -0.4 is 11.2 Å². The van der Waals surface area contributed by atoms with Crippen LogP contribution in [0.15, 0.2) is 26.2 Å². The highest BCUT2D eigenvalue weighted by Gasteiger charge is 2.19. The quantitative estimate of drug-likeness (QED) is 0.832. The van der Waals surface area contributed by atoms with E-state index in [9.17, 15) is 23.5 Å². The van der Waals surface area contributed by atoms with Gasteiger partial charge in [-0.3, -0.25) is 9.78 Å². The first-order valence-corrected chi connectivity index (χ1v) is 5.82. The van der Waals surface area contributed by atoms with Gasteiger partial charge in [-0.2, -0.15) is 0 Å².